The number of benzene rings is 1. The monoisotopic (exact) mass is 383 g/mol. The minimum absolute atomic E-state index is 0.0363. The van der Waals surface area contributed by atoms with E-state index in [4.69, 9.17) is 10.5 Å². The Morgan fingerprint density at radius 3 is 2.87 bits per heavy atom. The Morgan fingerprint density at radius 1 is 1.48 bits per heavy atom. The molecule has 0 aromatic heterocycles. The molecule has 0 radical (unpaired) electrons. The number of carbonyl (C=O) groups excluding carboxylic acids is 2. The first-order valence-corrected chi connectivity index (χ1v) is 8.42. The van der Waals surface area contributed by atoms with Crippen molar-refractivity contribution in [2.75, 3.05) is 24.6 Å². The van der Waals surface area contributed by atoms with E-state index in [1.807, 2.05) is 6.07 Å². The molecule has 1 aliphatic heterocycles. The van der Waals surface area contributed by atoms with Crippen LogP contribution < -0.4 is 20.7 Å². The van der Waals surface area contributed by atoms with Crippen molar-refractivity contribution >= 4 is 33.4 Å². The lowest BCUT2D eigenvalue weighted by Crippen LogP contribution is -2.49. The Labute approximate surface area is 144 Å². The molecule has 1 aliphatic rings. The van der Waals surface area contributed by atoms with Crippen LogP contribution in [0.4, 0.5) is 5.69 Å². The van der Waals surface area contributed by atoms with Gasteiger partial charge in [0.15, 0.2) is 6.61 Å². The van der Waals surface area contributed by atoms with Crippen molar-refractivity contribution in [1.82, 2.24) is 5.32 Å². The minimum Gasteiger partial charge on any atom is -0.482 e. The van der Waals surface area contributed by atoms with Gasteiger partial charge in [-0.1, -0.05) is 29.8 Å². The Morgan fingerprint density at radius 2 is 2.22 bits per heavy atom. The van der Waals surface area contributed by atoms with Crippen LogP contribution in [0, 0.1) is 5.92 Å². The largest absolute Gasteiger partial charge is 0.482 e. The van der Waals surface area contributed by atoms with Crippen LogP contribution in [0.5, 0.6) is 5.75 Å². The summed E-state index contributed by atoms with van der Waals surface area (Å²) in [4.78, 5) is 25.8. The number of hydrogen-bond donors (Lipinski definition) is 2. The van der Waals surface area contributed by atoms with Gasteiger partial charge in [0, 0.05) is 17.1 Å². The van der Waals surface area contributed by atoms with Crippen LogP contribution in [-0.2, 0) is 9.59 Å². The second kappa shape index (κ2) is 7.79. The van der Waals surface area contributed by atoms with Gasteiger partial charge in [0.1, 0.15) is 12.3 Å². The number of nitrogens with two attached hydrogens (primary N) is 1. The number of hydrogen-bond acceptors (Lipinski definition) is 4. The fourth-order valence-corrected chi connectivity index (χ4v) is 2.89. The number of ether oxygens (including phenoxy) is 1. The van der Waals surface area contributed by atoms with Gasteiger partial charge < -0.3 is 15.8 Å². The van der Waals surface area contributed by atoms with Crippen molar-refractivity contribution in [2.24, 2.45) is 11.7 Å². The number of rotatable bonds is 6. The number of fused-ring (bicyclic) bond motifs is 1. The van der Waals surface area contributed by atoms with Crippen molar-refractivity contribution in [1.29, 1.82) is 0 Å². The van der Waals surface area contributed by atoms with Gasteiger partial charge in [-0.05, 0) is 30.5 Å². The average molecular weight is 384 g/mol. The van der Waals surface area contributed by atoms with E-state index in [2.05, 4.69) is 35.1 Å². The summed E-state index contributed by atoms with van der Waals surface area (Å²) in [5.41, 5.74) is 6.31. The van der Waals surface area contributed by atoms with Crippen LogP contribution in [0.3, 0.4) is 0 Å². The smallest absolute Gasteiger partial charge is 0.265 e. The number of nitrogens with one attached hydrogen (secondary N) is 1. The third-order valence-corrected chi connectivity index (χ3v) is 4.07. The molecule has 23 heavy (non-hydrogen) atoms. The zero-order valence-electron chi connectivity index (χ0n) is 13.3. The van der Waals surface area contributed by atoms with Gasteiger partial charge in [-0.25, -0.2) is 0 Å². The molecular formula is C16H22BrN3O3. The summed E-state index contributed by atoms with van der Waals surface area (Å²) in [5, 5.41) is 2.90. The minimum atomic E-state index is -0.233. The molecule has 3 N–H and O–H groups in total. The topological polar surface area (TPSA) is 84.7 Å². The lowest BCUT2D eigenvalue weighted by molar-refractivity contribution is -0.125. The highest BCUT2D eigenvalue weighted by atomic mass is 79.9. The number of carbonyl (C=O) groups is 2. The SMILES string of the molecule is CC(C)CC(CN)NC(=O)CN1C(=O)COc2cc(Br)ccc21. The van der Waals surface area contributed by atoms with Crippen LogP contribution in [0.1, 0.15) is 20.3 Å². The van der Waals surface area contributed by atoms with Crippen molar-refractivity contribution in [2.45, 2.75) is 26.3 Å². The first-order chi connectivity index (χ1) is 10.9. The first-order valence-electron chi connectivity index (χ1n) is 7.62. The Kier molecular flexibility index (Phi) is 6.01. The summed E-state index contributed by atoms with van der Waals surface area (Å²) in [5.74, 6) is 0.574. The molecule has 6 nitrogen and oxygen atoms in total. The van der Waals surface area contributed by atoms with Crippen LogP contribution in [0.25, 0.3) is 0 Å². The highest BCUT2D eigenvalue weighted by molar-refractivity contribution is 9.10. The van der Waals surface area contributed by atoms with Gasteiger partial charge in [-0.3, -0.25) is 14.5 Å². The summed E-state index contributed by atoms with van der Waals surface area (Å²) < 4.78 is 6.27. The zero-order chi connectivity index (χ0) is 17.0. The molecule has 2 amide bonds. The van der Waals surface area contributed by atoms with Crippen molar-refractivity contribution < 1.29 is 14.3 Å². The van der Waals surface area contributed by atoms with Gasteiger partial charge in [0.2, 0.25) is 5.91 Å². The third-order valence-electron chi connectivity index (χ3n) is 3.57. The lowest BCUT2D eigenvalue weighted by atomic mass is 10.0. The number of anilines is 1. The summed E-state index contributed by atoms with van der Waals surface area (Å²) >= 11 is 3.36. The highest BCUT2D eigenvalue weighted by Gasteiger charge is 2.28. The molecule has 1 unspecified atom stereocenters. The summed E-state index contributed by atoms with van der Waals surface area (Å²) in [7, 11) is 0. The second-order valence-electron chi connectivity index (χ2n) is 6.01. The van der Waals surface area contributed by atoms with E-state index >= 15 is 0 Å². The molecule has 0 saturated heterocycles. The molecule has 1 aromatic carbocycles. The third kappa shape index (κ3) is 4.68. The van der Waals surface area contributed by atoms with Gasteiger partial charge in [0.25, 0.3) is 5.91 Å². The molecule has 0 spiro atoms. The molecule has 2 rings (SSSR count). The van der Waals surface area contributed by atoms with E-state index in [9.17, 15) is 9.59 Å². The van der Waals surface area contributed by atoms with Crippen molar-refractivity contribution in [3.05, 3.63) is 22.7 Å². The van der Waals surface area contributed by atoms with E-state index < -0.39 is 0 Å². The van der Waals surface area contributed by atoms with Crippen molar-refractivity contribution in [3.8, 4) is 5.75 Å². The Balaban J connectivity index is 2.07. The van der Waals surface area contributed by atoms with Gasteiger partial charge in [-0.15, -0.1) is 0 Å². The second-order valence-corrected chi connectivity index (χ2v) is 6.93. The molecule has 0 saturated carbocycles. The standard InChI is InChI=1S/C16H22BrN3O3/c1-10(2)5-12(7-18)19-15(21)8-20-13-4-3-11(17)6-14(13)23-9-16(20)22/h3-4,6,10,12H,5,7-9,18H2,1-2H3,(H,19,21). The maximum atomic E-state index is 12.3. The van der Waals surface area contributed by atoms with Gasteiger partial charge in [-0.2, -0.15) is 0 Å². The fraction of sp³-hybridized carbons (Fsp3) is 0.500. The fourth-order valence-electron chi connectivity index (χ4n) is 2.55. The summed E-state index contributed by atoms with van der Waals surface area (Å²) in [6, 6.07) is 5.28. The van der Waals surface area contributed by atoms with Crippen molar-refractivity contribution in [3.63, 3.8) is 0 Å². The molecule has 0 fully saturated rings. The molecule has 0 bridgehead atoms. The number of halogens is 1. The molecule has 7 heteroatoms. The molecule has 126 valence electrons. The normalized spacial score (nSPS) is 15.2. The molecule has 1 heterocycles. The Hall–Kier alpha value is -1.60. The predicted molar refractivity (Wildman–Crippen MR) is 92.4 cm³/mol. The van der Waals surface area contributed by atoms with E-state index in [1.54, 1.807) is 12.1 Å². The maximum Gasteiger partial charge on any atom is 0.265 e. The quantitative estimate of drug-likeness (QED) is 0.782. The highest BCUT2D eigenvalue weighted by Crippen LogP contribution is 2.34. The summed E-state index contributed by atoms with van der Waals surface area (Å²) in [6.07, 6.45) is 0.808. The van der Waals surface area contributed by atoms with Crippen LogP contribution in [0.2, 0.25) is 0 Å². The maximum absolute atomic E-state index is 12.3. The van der Waals surface area contributed by atoms with Gasteiger partial charge in [0.05, 0.1) is 5.69 Å². The zero-order valence-corrected chi connectivity index (χ0v) is 14.9. The van der Waals surface area contributed by atoms with Crippen LogP contribution in [-0.4, -0.2) is 37.6 Å². The number of nitrogens with zero attached hydrogens (tertiary/aromatic N) is 1. The predicted octanol–water partition coefficient (Wildman–Crippen LogP) is 1.66. The van der Waals surface area contributed by atoms with Gasteiger partial charge >= 0.3 is 0 Å². The average Bonchev–Trinajstić information content (AvgIpc) is 2.49. The molecule has 0 aliphatic carbocycles. The molecular weight excluding hydrogens is 362 g/mol. The van der Waals surface area contributed by atoms with E-state index in [0.717, 1.165) is 10.9 Å². The summed E-state index contributed by atoms with van der Waals surface area (Å²) in [6.45, 7) is 4.43. The lowest BCUT2D eigenvalue weighted by Gasteiger charge is -2.29. The van der Waals surface area contributed by atoms with E-state index in [0.29, 0.717) is 23.9 Å². The Bertz CT molecular complexity index is 592. The van der Waals surface area contributed by atoms with E-state index in [1.165, 1.54) is 4.90 Å². The molecule has 1 atom stereocenters. The van der Waals surface area contributed by atoms with Crippen LogP contribution >= 0.6 is 15.9 Å². The first kappa shape index (κ1) is 17.7. The molecule has 1 aromatic rings. The van der Waals surface area contributed by atoms with E-state index in [-0.39, 0.29) is 31.0 Å². The number of amides is 2. The van der Waals surface area contributed by atoms with Crippen LogP contribution in [0.15, 0.2) is 22.7 Å².